The number of nitrogens with one attached hydrogen (secondary N) is 1. The Kier molecular flexibility index (Phi) is 4.89. The van der Waals surface area contributed by atoms with E-state index in [1.165, 1.54) is 5.56 Å². The Bertz CT molecular complexity index is 479. The second-order valence-corrected chi connectivity index (χ2v) is 5.95. The van der Waals surface area contributed by atoms with Gasteiger partial charge in [-0.05, 0) is 37.5 Å². The van der Waals surface area contributed by atoms with Gasteiger partial charge in [-0.3, -0.25) is 0 Å². The number of aliphatic hydroxyl groups excluding tert-OH is 1. The number of hydrogen-bond acceptors (Lipinski definition) is 2. The van der Waals surface area contributed by atoms with Gasteiger partial charge in [0.15, 0.2) is 0 Å². The van der Waals surface area contributed by atoms with E-state index in [0.29, 0.717) is 18.9 Å². The van der Waals surface area contributed by atoms with Crippen LogP contribution in [0.5, 0.6) is 0 Å². The Morgan fingerprint density at radius 3 is 3.00 bits per heavy atom. The third-order valence-electron chi connectivity index (χ3n) is 3.61. The second-order valence-electron chi connectivity index (χ2n) is 5.51. The maximum atomic E-state index is 12.0. The summed E-state index contributed by atoms with van der Waals surface area (Å²) in [5.41, 5.74) is 1.18. The summed E-state index contributed by atoms with van der Waals surface area (Å²) in [6.45, 7) is 2.28. The summed E-state index contributed by atoms with van der Waals surface area (Å²) in [7, 11) is 1.74. The van der Waals surface area contributed by atoms with Crippen molar-refractivity contribution >= 4 is 17.6 Å². The molecule has 2 amide bonds. The van der Waals surface area contributed by atoms with E-state index < -0.39 is 0 Å². The largest absolute Gasteiger partial charge is 0.393 e. The first kappa shape index (κ1) is 15.1. The number of halogens is 1. The van der Waals surface area contributed by atoms with E-state index in [9.17, 15) is 9.90 Å². The molecule has 2 rings (SSSR count). The number of carbonyl (C=O) groups is 1. The van der Waals surface area contributed by atoms with Gasteiger partial charge >= 0.3 is 6.03 Å². The summed E-state index contributed by atoms with van der Waals surface area (Å²) in [5, 5.41) is 13.0. The quantitative estimate of drug-likeness (QED) is 0.877. The van der Waals surface area contributed by atoms with Gasteiger partial charge < -0.3 is 15.3 Å². The molecule has 2 N–H and O–H groups in total. The Morgan fingerprint density at radius 1 is 1.60 bits per heavy atom. The third kappa shape index (κ3) is 4.12. The average Bonchev–Trinajstić information content (AvgIpc) is 3.15. The first-order chi connectivity index (χ1) is 9.47. The van der Waals surface area contributed by atoms with E-state index in [1.54, 1.807) is 18.9 Å². The van der Waals surface area contributed by atoms with Crippen LogP contribution in [-0.4, -0.2) is 41.8 Å². The number of amides is 2. The molecule has 20 heavy (non-hydrogen) atoms. The Labute approximate surface area is 124 Å². The molecule has 3 atom stereocenters. The number of benzene rings is 1. The summed E-state index contributed by atoms with van der Waals surface area (Å²) < 4.78 is 0. The van der Waals surface area contributed by atoms with Crippen molar-refractivity contribution in [3.05, 3.63) is 34.9 Å². The number of nitrogens with zero attached hydrogens (tertiary/aromatic N) is 1. The summed E-state index contributed by atoms with van der Waals surface area (Å²) in [5.74, 6) is 0.364. The van der Waals surface area contributed by atoms with Crippen molar-refractivity contribution in [1.29, 1.82) is 0 Å². The second kappa shape index (κ2) is 6.46. The maximum Gasteiger partial charge on any atom is 0.317 e. The highest BCUT2D eigenvalue weighted by atomic mass is 35.5. The van der Waals surface area contributed by atoms with Crippen LogP contribution in [0.15, 0.2) is 24.3 Å². The Balaban J connectivity index is 1.80. The summed E-state index contributed by atoms with van der Waals surface area (Å²) in [6.07, 6.45) is 1.16. The monoisotopic (exact) mass is 296 g/mol. The zero-order valence-corrected chi connectivity index (χ0v) is 12.6. The molecule has 1 fully saturated rings. The molecule has 3 unspecified atom stereocenters. The highest BCUT2D eigenvalue weighted by Crippen LogP contribution is 2.41. The molecule has 110 valence electrons. The molecule has 1 aliphatic carbocycles. The van der Waals surface area contributed by atoms with Crippen LogP contribution in [0.25, 0.3) is 0 Å². The molecule has 0 saturated heterocycles. The zero-order chi connectivity index (χ0) is 14.7. The van der Waals surface area contributed by atoms with E-state index in [-0.39, 0.29) is 18.2 Å². The summed E-state index contributed by atoms with van der Waals surface area (Å²) in [6, 6.07) is 7.89. The smallest absolute Gasteiger partial charge is 0.317 e. The predicted molar refractivity (Wildman–Crippen MR) is 80.1 cm³/mol. The summed E-state index contributed by atoms with van der Waals surface area (Å²) in [4.78, 5) is 13.6. The van der Waals surface area contributed by atoms with Crippen LogP contribution in [0, 0.1) is 0 Å². The molecule has 5 heteroatoms. The average molecular weight is 297 g/mol. The SMILES string of the molecule is CC(O)CCN(C)C(=O)NC1CC1c1cccc(Cl)c1. The molecular weight excluding hydrogens is 276 g/mol. The Hall–Kier alpha value is -1.26. The van der Waals surface area contributed by atoms with E-state index in [1.807, 2.05) is 24.3 Å². The molecule has 0 aromatic heterocycles. The van der Waals surface area contributed by atoms with Gasteiger partial charge in [-0.2, -0.15) is 0 Å². The van der Waals surface area contributed by atoms with Gasteiger partial charge in [-0.25, -0.2) is 4.79 Å². The number of rotatable bonds is 5. The predicted octanol–water partition coefficient (Wildman–Crippen LogP) is 2.61. The topological polar surface area (TPSA) is 52.6 Å². The van der Waals surface area contributed by atoms with Crippen LogP contribution in [-0.2, 0) is 0 Å². The lowest BCUT2D eigenvalue weighted by atomic mass is 10.1. The van der Waals surface area contributed by atoms with Gasteiger partial charge in [0.05, 0.1) is 6.10 Å². The maximum absolute atomic E-state index is 12.0. The van der Waals surface area contributed by atoms with Crippen LogP contribution in [0.3, 0.4) is 0 Å². The first-order valence-corrected chi connectivity index (χ1v) is 7.30. The molecule has 0 heterocycles. The molecule has 4 nitrogen and oxygen atoms in total. The molecule has 0 bridgehead atoms. The van der Waals surface area contributed by atoms with Crippen LogP contribution in [0.4, 0.5) is 4.79 Å². The molecule has 0 aliphatic heterocycles. The van der Waals surface area contributed by atoms with Crippen molar-refractivity contribution in [2.24, 2.45) is 0 Å². The van der Waals surface area contributed by atoms with Crippen molar-refractivity contribution < 1.29 is 9.90 Å². The minimum absolute atomic E-state index is 0.0832. The molecule has 0 spiro atoms. The van der Waals surface area contributed by atoms with Gasteiger partial charge in [0.2, 0.25) is 0 Å². The van der Waals surface area contributed by atoms with E-state index >= 15 is 0 Å². The number of hydrogen-bond donors (Lipinski definition) is 2. The number of urea groups is 1. The van der Waals surface area contributed by atoms with Crippen LogP contribution < -0.4 is 5.32 Å². The highest BCUT2D eigenvalue weighted by Gasteiger charge is 2.39. The first-order valence-electron chi connectivity index (χ1n) is 6.92. The van der Waals surface area contributed by atoms with Crippen molar-refractivity contribution in [2.75, 3.05) is 13.6 Å². The molecule has 0 radical (unpaired) electrons. The van der Waals surface area contributed by atoms with Gasteiger partial charge in [0, 0.05) is 30.6 Å². The van der Waals surface area contributed by atoms with Gasteiger partial charge in [-0.1, -0.05) is 23.7 Å². The van der Waals surface area contributed by atoms with Crippen LogP contribution >= 0.6 is 11.6 Å². The van der Waals surface area contributed by atoms with Crippen molar-refractivity contribution in [3.8, 4) is 0 Å². The highest BCUT2D eigenvalue weighted by molar-refractivity contribution is 6.30. The van der Waals surface area contributed by atoms with E-state index in [4.69, 9.17) is 11.6 Å². The summed E-state index contributed by atoms with van der Waals surface area (Å²) >= 11 is 5.97. The van der Waals surface area contributed by atoms with Crippen LogP contribution in [0.1, 0.15) is 31.2 Å². The lowest BCUT2D eigenvalue weighted by molar-refractivity contribution is 0.163. The Morgan fingerprint density at radius 2 is 2.35 bits per heavy atom. The lowest BCUT2D eigenvalue weighted by Crippen LogP contribution is -2.40. The van der Waals surface area contributed by atoms with Gasteiger partial charge in [0.25, 0.3) is 0 Å². The van der Waals surface area contributed by atoms with Crippen molar-refractivity contribution in [1.82, 2.24) is 10.2 Å². The molecule has 1 aliphatic rings. The van der Waals surface area contributed by atoms with Gasteiger partial charge in [-0.15, -0.1) is 0 Å². The minimum Gasteiger partial charge on any atom is -0.393 e. The lowest BCUT2D eigenvalue weighted by Gasteiger charge is -2.18. The van der Waals surface area contributed by atoms with Gasteiger partial charge in [0.1, 0.15) is 0 Å². The zero-order valence-electron chi connectivity index (χ0n) is 11.8. The van der Waals surface area contributed by atoms with E-state index in [2.05, 4.69) is 5.32 Å². The molecular formula is C15H21ClN2O2. The third-order valence-corrected chi connectivity index (χ3v) is 3.84. The van der Waals surface area contributed by atoms with E-state index in [0.717, 1.165) is 11.4 Å². The van der Waals surface area contributed by atoms with Crippen molar-refractivity contribution in [2.45, 2.75) is 37.8 Å². The standard InChI is InChI=1S/C15H21ClN2O2/c1-10(19)6-7-18(2)15(20)17-14-9-13(14)11-4-3-5-12(16)8-11/h3-5,8,10,13-14,19H,6-7,9H2,1-2H3,(H,17,20). The minimum atomic E-state index is -0.384. The molecule has 1 aromatic rings. The van der Waals surface area contributed by atoms with Crippen LogP contribution in [0.2, 0.25) is 5.02 Å². The number of carbonyl (C=O) groups excluding carboxylic acids is 1. The molecule has 1 saturated carbocycles. The fraction of sp³-hybridized carbons (Fsp3) is 0.533. The fourth-order valence-electron chi connectivity index (χ4n) is 2.21. The van der Waals surface area contributed by atoms with Crippen molar-refractivity contribution in [3.63, 3.8) is 0 Å². The fourth-order valence-corrected chi connectivity index (χ4v) is 2.41. The molecule has 1 aromatic carbocycles. The number of aliphatic hydroxyl groups is 1. The normalized spacial score (nSPS) is 22.2.